The lowest BCUT2D eigenvalue weighted by Crippen LogP contribution is -2.49. The van der Waals surface area contributed by atoms with Crippen LogP contribution in [0.15, 0.2) is 12.1 Å². The quantitative estimate of drug-likeness (QED) is 0.568. The van der Waals surface area contributed by atoms with Gasteiger partial charge in [-0.2, -0.15) is 0 Å². The van der Waals surface area contributed by atoms with Gasteiger partial charge in [-0.05, 0) is 0 Å². The molecule has 1 aromatic rings. The molecule has 1 heterocycles. The highest BCUT2D eigenvalue weighted by atomic mass is 35.5. The van der Waals surface area contributed by atoms with Gasteiger partial charge in [-0.3, -0.25) is 4.90 Å². The van der Waals surface area contributed by atoms with Gasteiger partial charge in [0.2, 0.25) is 0 Å². The molecule has 22 heavy (non-hydrogen) atoms. The number of aliphatic hydroxyl groups excluding tert-OH is 1. The Bertz CT molecular complexity index is 481. The lowest BCUT2D eigenvalue weighted by Gasteiger charge is -2.43. The molecule has 1 aliphatic heterocycles. The smallest absolute Gasteiger partial charge is 0.127 e. The molecule has 0 radical (unpaired) electrons. The highest BCUT2D eigenvalue weighted by Crippen LogP contribution is 2.46. The van der Waals surface area contributed by atoms with Crippen LogP contribution in [0.2, 0.25) is 0 Å². The predicted molar refractivity (Wildman–Crippen MR) is 86.7 cm³/mol. The van der Waals surface area contributed by atoms with Gasteiger partial charge < -0.3 is 25.7 Å². The molecule has 0 unspecified atom stereocenters. The summed E-state index contributed by atoms with van der Waals surface area (Å²) < 4.78 is 0. The third kappa shape index (κ3) is 3.76. The van der Waals surface area contributed by atoms with E-state index < -0.39 is 5.41 Å². The lowest BCUT2D eigenvalue weighted by atomic mass is 9.79. The van der Waals surface area contributed by atoms with Gasteiger partial charge in [-0.25, -0.2) is 0 Å². The summed E-state index contributed by atoms with van der Waals surface area (Å²) >= 11 is 0. The maximum absolute atomic E-state index is 10.2. The maximum Gasteiger partial charge on any atom is 0.127 e. The SMILES string of the molecule is CC(C)(CO)[C@H](c1c(O)cc(O)cc1O)N1CCNCC1.Cl. The molecule has 0 aromatic heterocycles. The number of aliphatic hydroxyl groups is 1. The van der Waals surface area contributed by atoms with Crippen LogP contribution in [-0.4, -0.2) is 58.1 Å². The van der Waals surface area contributed by atoms with E-state index in [1.165, 1.54) is 12.1 Å². The van der Waals surface area contributed by atoms with Gasteiger partial charge in [0, 0.05) is 56.4 Å². The van der Waals surface area contributed by atoms with Crippen LogP contribution in [0, 0.1) is 5.41 Å². The second-order valence-electron chi connectivity index (χ2n) is 6.23. The molecule has 0 spiro atoms. The van der Waals surface area contributed by atoms with Crippen LogP contribution in [0.4, 0.5) is 0 Å². The molecule has 126 valence electrons. The van der Waals surface area contributed by atoms with E-state index in [1.54, 1.807) is 0 Å². The second kappa shape index (κ2) is 7.37. The third-order valence-electron chi connectivity index (χ3n) is 4.06. The van der Waals surface area contributed by atoms with Gasteiger partial charge >= 0.3 is 0 Å². The first-order valence-corrected chi connectivity index (χ1v) is 7.17. The fourth-order valence-corrected chi connectivity index (χ4v) is 2.98. The van der Waals surface area contributed by atoms with Crippen molar-refractivity contribution in [3.05, 3.63) is 17.7 Å². The molecule has 1 aliphatic rings. The van der Waals surface area contributed by atoms with Crippen molar-refractivity contribution < 1.29 is 20.4 Å². The van der Waals surface area contributed by atoms with Gasteiger partial charge in [-0.15, -0.1) is 12.4 Å². The van der Waals surface area contributed by atoms with E-state index >= 15 is 0 Å². The van der Waals surface area contributed by atoms with E-state index in [0.717, 1.165) is 26.2 Å². The van der Waals surface area contributed by atoms with Gasteiger partial charge in [0.25, 0.3) is 0 Å². The van der Waals surface area contributed by atoms with E-state index in [4.69, 9.17) is 0 Å². The number of benzene rings is 1. The van der Waals surface area contributed by atoms with Crippen LogP contribution in [0.3, 0.4) is 0 Å². The minimum Gasteiger partial charge on any atom is -0.508 e. The number of aromatic hydroxyl groups is 3. The number of hydrogen-bond acceptors (Lipinski definition) is 6. The molecule has 0 saturated carbocycles. The number of rotatable bonds is 4. The molecule has 7 heteroatoms. The van der Waals surface area contributed by atoms with E-state index in [-0.39, 0.29) is 42.3 Å². The van der Waals surface area contributed by atoms with Gasteiger partial charge in [0.15, 0.2) is 0 Å². The fourth-order valence-electron chi connectivity index (χ4n) is 2.98. The lowest BCUT2D eigenvalue weighted by molar-refractivity contribution is 0.0280. The molecule has 2 rings (SSSR count). The molecular weight excluding hydrogens is 308 g/mol. The average Bonchev–Trinajstić information content (AvgIpc) is 2.43. The number of nitrogens with one attached hydrogen (secondary N) is 1. The Morgan fingerprint density at radius 2 is 1.64 bits per heavy atom. The minimum absolute atomic E-state index is 0. The number of hydrogen-bond donors (Lipinski definition) is 5. The zero-order chi connectivity index (χ0) is 15.6. The van der Waals surface area contributed by atoms with E-state index in [1.807, 2.05) is 13.8 Å². The van der Waals surface area contributed by atoms with Gasteiger partial charge in [0.05, 0.1) is 5.56 Å². The molecule has 1 aromatic carbocycles. The molecule has 0 amide bonds. The molecular formula is C15H25ClN2O4. The van der Waals surface area contributed by atoms with Crippen molar-refractivity contribution in [2.24, 2.45) is 5.41 Å². The van der Waals surface area contributed by atoms with Gasteiger partial charge in [-0.1, -0.05) is 13.8 Å². The Morgan fingerprint density at radius 3 is 2.09 bits per heavy atom. The Hall–Kier alpha value is -1.21. The summed E-state index contributed by atoms with van der Waals surface area (Å²) in [6.45, 7) is 6.86. The highest BCUT2D eigenvalue weighted by molar-refractivity contribution is 5.85. The van der Waals surface area contributed by atoms with Crippen molar-refractivity contribution in [3.8, 4) is 17.2 Å². The zero-order valence-corrected chi connectivity index (χ0v) is 13.7. The summed E-state index contributed by atoms with van der Waals surface area (Å²) in [7, 11) is 0. The topological polar surface area (TPSA) is 96.2 Å². The molecule has 0 bridgehead atoms. The number of halogens is 1. The first-order valence-electron chi connectivity index (χ1n) is 7.17. The predicted octanol–water partition coefficient (Wildman–Crippen LogP) is 1.19. The van der Waals surface area contributed by atoms with Crippen LogP contribution in [-0.2, 0) is 0 Å². The molecule has 1 saturated heterocycles. The molecule has 1 atom stereocenters. The first-order chi connectivity index (χ1) is 9.86. The van der Waals surface area contributed by atoms with Crippen molar-refractivity contribution in [2.45, 2.75) is 19.9 Å². The molecule has 1 fully saturated rings. The Kier molecular flexibility index (Phi) is 6.31. The Balaban J connectivity index is 0.00000242. The van der Waals surface area contributed by atoms with Gasteiger partial charge in [0.1, 0.15) is 17.2 Å². The summed E-state index contributed by atoms with van der Waals surface area (Å²) in [4.78, 5) is 2.14. The van der Waals surface area contributed by atoms with Crippen molar-refractivity contribution >= 4 is 12.4 Å². The normalized spacial score (nSPS) is 17.8. The summed E-state index contributed by atoms with van der Waals surface area (Å²) in [5.41, 5.74) is -0.197. The second-order valence-corrected chi connectivity index (χ2v) is 6.23. The standard InChI is InChI=1S/C15H24N2O4.ClH/c1-15(2,9-18)14(17-5-3-16-4-6-17)13-11(20)7-10(19)8-12(13)21;/h7-8,14,16,18-21H,3-6,9H2,1-2H3;1H/t14-;/m0./s1. The maximum atomic E-state index is 10.2. The summed E-state index contributed by atoms with van der Waals surface area (Å²) in [6, 6.07) is 2.10. The van der Waals surface area contributed by atoms with E-state index in [0.29, 0.717) is 5.56 Å². The number of piperazine rings is 1. The summed E-state index contributed by atoms with van der Waals surface area (Å²) in [5, 5.41) is 42.9. The fraction of sp³-hybridized carbons (Fsp3) is 0.600. The van der Waals surface area contributed by atoms with Crippen molar-refractivity contribution in [2.75, 3.05) is 32.8 Å². The summed E-state index contributed by atoms with van der Waals surface area (Å²) in [6.07, 6.45) is 0. The number of phenolic OH excluding ortho intramolecular Hbond substituents is 3. The van der Waals surface area contributed by atoms with Crippen molar-refractivity contribution in [3.63, 3.8) is 0 Å². The Morgan fingerprint density at radius 1 is 1.14 bits per heavy atom. The van der Waals surface area contributed by atoms with Crippen LogP contribution in [0.5, 0.6) is 17.2 Å². The number of nitrogens with zero attached hydrogens (tertiary/aromatic N) is 1. The number of phenols is 3. The van der Waals surface area contributed by atoms with Crippen LogP contribution in [0.1, 0.15) is 25.5 Å². The summed E-state index contributed by atoms with van der Waals surface area (Å²) in [5.74, 6) is -0.496. The van der Waals surface area contributed by atoms with Crippen molar-refractivity contribution in [1.29, 1.82) is 0 Å². The Labute approximate surface area is 136 Å². The first kappa shape index (κ1) is 18.8. The van der Waals surface area contributed by atoms with Crippen LogP contribution < -0.4 is 5.32 Å². The van der Waals surface area contributed by atoms with E-state index in [9.17, 15) is 20.4 Å². The monoisotopic (exact) mass is 332 g/mol. The zero-order valence-electron chi connectivity index (χ0n) is 12.9. The molecule has 5 N–H and O–H groups in total. The van der Waals surface area contributed by atoms with Crippen molar-refractivity contribution in [1.82, 2.24) is 10.2 Å². The third-order valence-corrected chi connectivity index (χ3v) is 4.06. The minimum atomic E-state index is -0.552. The van der Waals surface area contributed by atoms with Crippen LogP contribution in [0.25, 0.3) is 0 Å². The highest BCUT2D eigenvalue weighted by Gasteiger charge is 2.38. The molecule has 6 nitrogen and oxygen atoms in total. The van der Waals surface area contributed by atoms with E-state index in [2.05, 4.69) is 10.2 Å². The van der Waals surface area contributed by atoms with Crippen LogP contribution >= 0.6 is 12.4 Å². The average molecular weight is 333 g/mol. The largest absolute Gasteiger partial charge is 0.508 e. The molecule has 0 aliphatic carbocycles.